The Morgan fingerprint density at radius 3 is 2.59 bits per heavy atom. The SMILES string of the molecule is COc1cccc(C2C(C#N)=C(N)N(c3nnc(SCC(=O)Nc4ccc(OC)cc4OC)s3)C3=C2C(=O)CC(C)(C)C3)c1. The number of hydrogen-bond donors (Lipinski definition) is 2. The van der Waals surface area contributed by atoms with Crippen molar-refractivity contribution in [2.24, 2.45) is 11.1 Å². The van der Waals surface area contributed by atoms with Crippen molar-refractivity contribution in [1.82, 2.24) is 10.2 Å². The first-order valence-corrected chi connectivity index (χ1v) is 15.5. The van der Waals surface area contributed by atoms with Crippen LogP contribution in [0.15, 0.2) is 69.5 Å². The molecule has 1 amide bonds. The Bertz CT molecular complexity index is 1720. The lowest BCUT2D eigenvalue weighted by Gasteiger charge is -2.42. The Morgan fingerprint density at radius 1 is 1.14 bits per heavy atom. The zero-order valence-corrected chi connectivity index (χ0v) is 26.6. The molecule has 0 fully saturated rings. The molecule has 1 aliphatic carbocycles. The second kappa shape index (κ2) is 12.6. The minimum Gasteiger partial charge on any atom is -0.497 e. The molecule has 2 aromatic carbocycles. The molecular weight excluding hydrogens is 601 g/mol. The third-order valence-electron chi connectivity index (χ3n) is 7.40. The smallest absolute Gasteiger partial charge is 0.234 e. The van der Waals surface area contributed by atoms with Crippen LogP contribution >= 0.6 is 23.1 Å². The molecule has 2 aliphatic rings. The number of thioether (sulfide) groups is 1. The lowest BCUT2D eigenvalue weighted by molar-refractivity contribution is -0.118. The summed E-state index contributed by atoms with van der Waals surface area (Å²) in [5.41, 5.74) is 9.14. The minimum absolute atomic E-state index is 0.0425. The number of Topliss-reactive ketones (excluding diaryl/α,β-unsaturated/α-hetero) is 1. The fourth-order valence-electron chi connectivity index (χ4n) is 5.45. The number of nitrogens with one attached hydrogen (secondary N) is 1. The van der Waals surface area contributed by atoms with E-state index in [1.807, 2.05) is 38.1 Å². The van der Waals surface area contributed by atoms with Crippen molar-refractivity contribution in [3.05, 3.63) is 70.7 Å². The van der Waals surface area contributed by atoms with Crippen LogP contribution in [0.3, 0.4) is 0 Å². The summed E-state index contributed by atoms with van der Waals surface area (Å²) in [6.45, 7) is 4.07. The summed E-state index contributed by atoms with van der Waals surface area (Å²) in [7, 11) is 4.64. The molecule has 0 bridgehead atoms. The molecule has 0 saturated carbocycles. The maximum Gasteiger partial charge on any atom is 0.234 e. The summed E-state index contributed by atoms with van der Waals surface area (Å²) in [5, 5.41) is 22.2. The van der Waals surface area contributed by atoms with Gasteiger partial charge in [-0.15, -0.1) is 10.2 Å². The van der Waals surface area contributed by atoms with Gasteiger partial charge in [0.25, 0.3) is 0 Å². The van der Waals surface area contributed by atoms with Gasteiger partial charge in [0, 0.05) is 23.8 Å². The predicted molar refractivity (Wildman–Crippen MR) is 169 cm³/mol. The van der Waals surface area contributed by atoms with Crippen molar-refractivity contribution in [3.8, 4) is 23.3 Å². The van der Waals surface area contributed by atoms with Gasteiger partial charge in [-0.3, -0.25) is 14.5 Å². The molecule has 1 unspecified atom stereocenters. The summed E-state index contributed by atoms with van der Waals surface area (Å²) in [6.07, 6.45) is 0.881. The number of anilines is 2. The van der Waals surface area contributed by atoms with Crippen LogP contribution in [-0.2, 0) is 9.59 Å². The van der Waals surface area contributed by atoms with Crippen molar-refractivity contribution in [2.45, 2.75) is 36.9 Å². The third kappa shape index (κ3) is 6.09. The number of nitrogens with zero attached hydrogens (tertiary/aromatic N) is 4. The standard InChI is InChI=1S/C31H32N6O5S2/c1-31(2)13-22-27(23(38)14-31)26(17-7-6-8-18(11-17)40-3)20(15-32)28(33)37(22)29-35-36-30(44-29)43-16-25(39)34-21-10-9-19(41-4)12-24(21)42-5/h6-12,26H,13-14,16,33H2,1-5H3,(H,34,39). The summed E-state index contributed by atoms with van der Waals surface area (Å²) in [6, 6.07) is 14.7. The molecular formula is C31H32N6O5S2. The Labute approximate surface area is 263 Å². The second-order valence-electron chi connectivity index (χ2n) is 11.0. The Kier molecular flexibility index (Phi) is 8.85. The molecule has 228 valence electrons. The van der Waals surface area contributed by atoms with E-state index in [4.69, 9.17) is 19.9 Å². The number of nitrogens with two attached hydrogens (primary N) is 1. The van der Waals surface area contributed by atoms with E-state index in [0.717, 1.165) is 5.56 Å². The first-order valence-electron chi connectivity index (χ1n) is 13.7. The van der Waals surface area contributed by atoms with Gasteiger partial charge in [0.15, 0.2) is 10.1 Å². The number of rotatable bonds is 9. The van der Waals surface area contributed by atoms with E-state index < -0.39 is 5.92 Å². The number of ketones is 1. The Hall–Kier alpha value is -4.54. The Balaban J connectivity index is 1.44. The van der Waals surface area contributed by atoms with Crippen LogP contribution in [0.4, 0.5) is 10.8 Å². The van der Waals surface area contributed by atoms with E-state index in [1.165, 1.54) is 30.2 Å². The zero-order chi connectivity index (χ0) is 31.6. The van der Waals surface area contributed by atoms with Gasteiger partial charge in [0.2, 0.25) is 11.0 Å². The number of hydrogen-bond acceptors (Lipinski definition) is 12. The summed E-state index contributed by atoms with van der Waals surface area (Å²) < 4.78 is 16.5. The topological polar surface area (TPSA) is 153 Å². The molecule has 13 heteroatoms. The highest BCUT2D eigenvalue weighted by Crippen LogP contribution is 2.51. The van der Waals surface area contributed by atoms with Crippen LogP contribution in [0.25, 0.3) is 0 Å². The highest BCUT2D eigenvalue weighted by molar-refractivity contribution is 8.01. The van der Waals surface area contributed by atoms with Crippen molar-refractivity contribution in [2.75, 3.05) is 37.3 Å². The van der Waals surface area contributed by atoms with E-state index >= 15 is 0 Å². The quantitative estimate of drug-likeness (QED) is 0.298. The van der Waals surface area contributed by atoms with Crippen molar-refractivity contribution >= 4 is 45.6 Å². The number of methoxy groups -OCH3 is 3. The zero-order valence-electron chi connectivity index (χ0n) is 25.0. The number of allylic oxidation sites excluding steroid dienone is 3. The molecule has 0 radical (unpaired) electrons. The van der Waals surface area contributed by atoms with E-state index in [1.54, 1.807) is 37.3 Å². The van der Waals surface area contributed by atoms with Gasteiger partial charge >= 0.3 is 0 Å². The molecule has 2 heterocycles. The summed E-state index contributed by atoms with van der Waals surface area (Å²) >= 11 is 2.45. The first-order chi connectivity index (χ1) is 21.1. The lowest BCUT2D eigenvalue weighted by atomic mass is 9.68. The number of ether oxygens (including phenoxy) is 3. The fraction of sp³-hybridized carbons (Fsp3) is 0.323. The van der Waals surface area contributed by atoms with Crippen LogP contribution in [0.2, 0.25) is 0 Å². The molecule has 0 saturated heterocycles. The molecule has 5 rings (SSSR count). The number of benzene rings is 2. The van der Waals surface area contributed by atoms with Gasteiger partial charge in [-0.1, -0.05) is 49.1 Å². The van der Waals surface area contributed by atoms with E-state index in [0.29, 0.717) is 56.5 Å². The van der Waals surface area contributed by atoms with Crippen molar-refractivity contribution < 1.29 is 23.8 Å². The number of amides is 1. The highest BCUT2D eigenvalue weighted by atomic mass is 32.2. The molecule has 1 aliphatic heterocycles. The lowest BCUT2D eigenvalue weighted by Crippen LogP contribution is -2.42. The minimum atomic E-state index is -0.634. The van der Waals surface area contributed by atoms with Crippen molar-refractivity contribution in [3.63, 3.8) is 0 Å². The number of aromatic nitrogens is 2. The second-order valence-corrected chi connectivity index (χ2v) is 13.2. The van der Waals surface area contributed by atoms with Gasteiger partial charge in [-0.25, -0.2) is 0 Å². The summed E-state index contributed by atoms with van der Waals surface area (Å²) in [5.74, 6) is 1.03. The maximum absolute atomic E-state index is 13.8. The number of carbonyl (C=O) groups excluding carboxylic acids is 2. The predicted octanol–water partition coefficient (Wildman–Crippen LogP) is 5.24. The summed E-state index contributed by atoms with van der Waals surface area (Å²) in [4.78, 5) is 28.2. The molecule has 3 aromatic rings. The van der Waals surface area contributed by atoms with Crippen LogP contribution in [0.1, 0.15) is 38.2 Å². The number of carbonyl (C=O) groups is 2. The molecule has 1 atom stereocenters. The van der Waals surface area contributed by atoms with E-state index in [-0.39, 0.29) is 34.3 Å². The van der Waals surface area contributed by atoms with Gasteiger partial charge in [0.1, 0.15) is 23.1 Å². The normalized spacial score (nSPS) is 17.6. The first kappa shape index (κ1) is 30.9. The highest BCUT2D eigenvalue weighted by Gasteiger charge is 2.45. The third-order valence-corrected chi connectivity index (χ3v) is 9.45. The maximum atomic E-state index is 13.8. The van der Waals surface area contributed by atoms with Crippen molar-refractivity contribution in [1.29, 1.82) is 5.26 Å². The average molecular weight is 633 g/mol. The van der Waals surface area contributed by atoms with Crippen LogP contribution in [0, 0.1) is 16.7 Å². The van der Waals surface area contributed by atoms with E-state index in [9.17, 15) is 14.9 Å². The molecule has 0 spiro atoms. The van der Waals surface area contributed by atoms with Crippen LogP contribution < -0.4 is 30.2 Å². The van der Waals surface area contributed by atoms with E-state index in [2.05, 4.69) is 21.6 Å². The van der Waals surface area contributed by atoms with Gasteiger partial charge in [-0.05, 0) is 41.7 Å². The van der Waals surface area contributed by atoms with Gasteiger partial charge in [-0.2, -0.15) is 5.26 Å². The van der Waals surface area contributed by atoms with Gasteiger partial charge in [0.05, 0.1) is 50.3 Å². The van der Waals surface area contributed by atoms with Gasteiger partial charge < -0.3 is 25.3 Å². The molecule has 11 nitrogen and oxygen atoms in total. The molecule has 3 N–H and O–H groups in total. The fourth-order valence-corrected chi connectivity index (χ4v) is 7.13. The Morgan fingerprint density at radius 2 is 1.89 bits per heavy atom. The molecule has 1 aromatic heterocycles. The van der Waals surface area contributed by atoms with Crippen LogP contribution in [0.5, 0.6) is 17.2 Å². The molecule has 44 heavy (non-hydrogen) atoms. The largest absolute Gasteiger partial charge is 0.497 e. The average Bonchev–Trinajstić information content (AvgIpc) is 3.47. The number of nitriles is 1. The van der Waals surface area contributed by atoms with Crippen LogP contribution in [-0.4, -0.2) is 49.0 Å². The monoisotopic (exact) mass is 632 g/mol.